The maximum absolute atomic E-state index is 9.48. The average molecular weight is 642 g/mol. The molecular weight excluding hydrogens is 606 g/mol. The van der Waals surface area contributed by atoms with Crippen molar-refractivity contribution in [3.8, 4) is 5.88 Å². The van der Waals surface area contributed by atoms with Crippen molar-refractivity contribution in [2.45, 2.75) is 58.1 Å². The number of benzene rings is 2. The zero-order valence-corrected chi connectivity index (χ0v) is 23.9. The third kappa shape index (κ3) is 7.32. The van der Waals surface area contributed by atoms with E-state index in [9.17, 15) is 5.11 Å². The van der Waals surface area contributed by atoms with Crippen LogP contribution in [-0.2, 0) is 32.4 Å². The van der Waals surface area contributed by atoms with Crippen molar-refractivity contribution in [1.29, 1.82) is 0 Å². The second-order valence-electron chi connectivity index (χ2n) is 9.66. The van der Waals surface area contributed by atoms with E-state index in [0.717, 1.165) is 43.0 Å². The van der Waals surface area contributed by atoms with Crippen LogP contribution in [-0.4, -0.2) is 40.2 Å². The van der Waals surface area contributed by atoms with Gasteiger partial charge in [0.05, 0.1) is 5.69 Å². The van der Waals surface area contributed by atoms with Crippen LogP contribution in [0.2, 0.25) is 0 Å². The molecule has 2 fully saturated rings. The van der Waals surface area contributed by atoms with Gasteiger partial charge in [0, 0.05) is 50.5 Å². The predicted molar refractivity (Wildman–Crippen MR) is 139 cm³/mol. The molecule has 5 rings (SSSR count). The Morgan fingerprint density at radius 2 is 1.86 bits per heavy atom. The Bertz CT molecular complexity index is 1110. The van der Waals surface area contributed by atoms with E-state index in [2.05, 4.69) is 60.2 Å². The van der Waals surface area contributed by atoms with Crippen LogP contribution >= 0.6 is 0 Å². The molecule has 1 aliphatic heterocycles. The summed E-state index contributed by atoms with van der Waals surface area (Å²) < 4.78 is 6.09. The fourth-order valence-corrected chi connectivity index (χ4v) is 4.35. The second-order valence-corrected chi connectivity index (χ2v) is 9.66. The van der Waals surface area contributed by atoms with E-state index in [4.69, 9.17) is 4.74 Å². The molecular formula is C29H36N3O2W-. The number of rotatable bonds is 6. The van der Waals surface area contributed by atoms with E-state index in [1.54, 1.807) is 6.07 Å². The largest absolute Gasteiger partial charge is 0.659 e. The summed E-state index contributed by atoms with van der Waals surface area (Å²) in [5, 5.41) is 16.3. The summed E-state index contributed by atoms with van der Waals surface area (Å²) in [6.45, 7) is 9.91. The number of aromatic hydroxyl groups is 1. The van der Waals surface area contributed by atoms with Gasteiger partial charge in [-0.3, -0.25) is 0 Å². The van der Waals surface area contributed by atoms with Gasteiger partial charge in [-0.15, -0.1) is 13.1 Å². The average Bonchev–Trinajstić information content (AvgIpc) is 3.68. The fraction of sp³-hybridized carbons (Fsp3) is 0.414. The van der Waals surface area contributed by atoms with Crippen LogP contribution in [0.15, 0.2) is 72.6 Å². The Labute approximate surface area is 223 Å². The topological polar surface area (TPSA) is 59.7 Å². The maximum Gasteiger partial charge on any atom is 0.211 e. The van der Waals surface area contributed by atoms with Crippen molar-refractivity contribution >= 4 is 10.8 Å². The molecule has 1 aliphatic carbocycles. The van der Waals surface area contributed by atoms with E-state index in [0.29, 0.717) is 12.5 Å². The maximum atomic E-state index is 9.48. The number of hydrogen-bond acceptors (Lipinski definition) is 4. The van der Waals surface area contributed by atoms with Crippen LogP contribution in [0.1, 0.15) is 57.2 Å². The molecule has 186 valence electrons. The molecule has 1 saturated carbocycles. The van der Waals surface area contributed by atoms with Gasteiger partial charge in [0.1, 0.15) is 6.61 Å². The minimum Gasteiger partial charge on any atom is -0.659 e. The summed E-state index contributed by atoms with van der Waals surface area (Å²) >= 11 is 0. The summed E-state index contributed by atoms with van der Waals surface area (Å²) in [6, 6.07) is 20.1. The first-order chi connectivity index (χ1) is 16.5. The first-order valence-electron chi connectivity index (χ1n) is 12.3. The molecule has 0 unspecified atom stereocenters. The summed E-state index contributed by atoms with van der Waals surface area (Å²) in [4.78, 5) is 6.57. The molecule has 0 amide bonds. The minimum absolute atomic E-state index is 0. The zero-order valence-electron chi connectivity index (χ0n) is 21.0. The molecule has 2 heterocycles. The number of nitrogens with zero attached hydrogens (tertiary/aromatic N) is 3. The molecule has 3 aromatic rings. The predicted octanol–water partition coefficient (Wildman–Crippen LogP) is 6.74. The quantitative estimate of drug-likeness (QED) is 0.303. The van der Waals surface area contributed by atoms with E-state index < -0.39 is 0 Å². The van der Waals surface area contributed by atoms with Crippen LogP contribution in [0.5, 0.6) is 5.88 Å². The molecule has 5 nitrogen and oxygen atoms in total. The van der Waals surface area contributed by atoms with Crippen LogP contribution < -0.4 is 0 Å². The van der Waals surface area contributed by atoms with E-state index in [1.165, 1.54) is 23.8 Å². The Balaban J connectivity index is 0.000000200. The van der Waals surface area contributed by atoms with Gasteiger partial charge in [0.2, 0.25) is 5.88 Å². The van der Waals surface area contributed by atoms with Crippen molar-refractivity contribution in [3.05, 3.63) is 89.2 Å². The Kier molecular flexibility index (Phi) is 9.77. The summed E-state index contributed by atoms with van der Waals surface area (Å²) in [5.74, 6) is 1.72. The molecule has 0 spiro atoms. The van der Waals surface area contributed by atoms with Gasteiger partial charge in [-0.1, -0.05) is 61.5 Å². The van der Waals surface area contributed by atoms with Gasteiger partial charge < -0.3 is 20.1 Å². The van der Waals surface area contributed by atoms with Gasteiger partial charge >= 0.3 is 0 Å². The number of allylic oxidation sites excluding steroid dienone is 1. The van der Waals surface area contributed by atoms with Gasteiger partial charge in [-0.05, 0) is 50.1 Å². The van der Waals surface area contributed by atoms with Crippen molar-refractivity contribution in [2.24, 2.45) is 0 Å². The molecule has 35 heavy (non-hydrogen) atoms. The molecule has 6 heteroatoms. The van der Waals surface area contributed by atoms with Gasteiger partial charge in [0.15, 0.2) is 5.88 Å². The van der Waals surface area contributed by atoms with Crippen LogP contribution in [0.4, 0.5) is 0 Å². The molecule has 0 atom stereocenters. The van der Waals surface area contributed by atoms with E-state index in [-0.39, 0.29) is 32.5 Å². The third-order valence-electron chi connectivity index (χ3n) is 6.31. The number of ether oxygens (including phenoxy) is 1. The number of aromatic nitrogens is 1. The zero-order chi connectivity index (χ0) is 24.0. The standard InChI is InChI=1S/C17H25N2O.C12H11NO.W/c1-4-8-16(19-12-11-18-14-17(19,2)3)20-13-15-9-6-5-7-10-15;14-11-7-9-3-1-2-4-10(9)12(13-11)8-5-6-8;/h5-10H,4,11-14H2,1-3H3;1-4,7-8H,5-6H2,(H,13,14);/q-1;;/b16-8-;;. The van der Waals surface area contributed by atoms with Gasteiger partial charge in [-0.2, -0.15) is 0 Å². The van der Waals surface area contributed by atoms with Crippen molar-refractivity contribution in [1.82, 2.24) is 9.88 Å². The monoisotopic (exact) mass is 642 g/mol. The van der Waals surface area contributed by atoms with E-state index in [1.807, 2.05) is 36.4 Å². The molecule has 0 radical (unpaired) electrons. The summed E-state index contributed by atoms with van der Waals surface area (Å²) in [5.41, 5.74) is 2.31. The molecule has 1 aromatic heterocycles. The van der Waals surface area contributed by atoms with Crippen LogP contribution in [0, 0.1) is 0 Å². The second kappa shape index (κ2) is 12.6. The Hall–Kier alpha value is -2.36. The van der Waals surface area contributed by atoms with Gasteiger partial charge in [-0.25, -0.2) is 4.98 Å². The molecule has 1 saturated heterocycles. The SMILES string of the molecule is CC/C=C(\OCc1ccccc1)N1CC[N-]CC1(C)C.Oc1cc2ccccc2c(C2CC2)n1.[W]. The van der Waals surface area contributed by atoms with Crippen molar-refractivity contribution in [3.63, 3.8) is 0 Å². The number of piperazine rings is 1. The first kappa shape index (κ1) is 27.2. The van der Waals surface area contributed by atoms with Gasteiger partial charge in [0.25, 0.3) is 0 Å². The molecule has 2 aromatic carbocycles. The minimum atomic E-state index is 0. The Morgan fingerprint density at radius 3 is 2.54 bits per heavy atom. The fourth-order valence-electron chi connectivity index (χ4n) is 4.35. The first-order valence-corrected chi connectivity index (χ1v) is 12.3. The number of fused-ring (bicyclic) bond motifs is 1. The smallest absolute Gasteiger partial charge is 0.211 e. The summed E-state index contributed by atoms with van der Waals surface area (Å²) in [6.07, 6.45) is 5.57. The van der Waals surface area contributed by atoms with Crippen molar-refractivity contribution < 1.29 is 30.9 Å². The van der Waals surface area contributed by atoms with E-state index >= 15 is 0 Å². The van der Waals surface area contributed by atoms with Crippen molar-refractivity contribution in [2.75, 3.05) is 19.6 Å². The number of hydrogen-bond donors (Lipinski definition) is 1. The summed E-state index contributed by atoms with van der Waals surface area (Å²) in [7, 11) is 0. The third-order valence-corrected chi connectivity index (χ3v) is 6.31. The van der Waals surface area contributed by atoms with Crippen LogP contribution in [0.3, 0.4) is 0 Å². The molecule has 2 aliphatic rings. The molecule has 0 bridgehead atoms. The normalized spacial score (nSPS) is 17.2. The van der Waals surface area contributed by atoms with Crippen LogP contribution in [0.25, 0.3) is 16.1 Å². The molecule has 1 N–H and O–H groups in total. The Morgan fingerprint density at radius 1 is 1.14 bits per heavy atom. The number of pyridine rings is 1.